The van der Waals surface area contributed by atoms with Gasteiger partial charge >= 0.3 is 0 Å². The molecule has 0 aromatic carbocycles. The van der Waals surface area contributed by atoms with Crippen LogP contribution in [0.1, 0.15) is 287 Å². The van der Waals surface area contributed by atoms with E-state index >= 15 is 0 Å². The molecule has 0 aromatic rings. The molecule has 7 atom stereocenters. The van der Waals surface area contributed by atoms with Crippen LogP contribution in [0.25, 0.3) is 0 Å². The first-order chi connectivity index (χ1) is 44.0. The fourth-order valence-corrected chi connectivity index (χ4v) is 28.4. The molecule has 0 saturated heterocycles. The summed E-state index contributed by atoms with van der Waals surface area (Å²) >= 11 is 0. The lowest BCUT2D eigenvalue weighted by atomic mass is 9.50. The summed E-state index contributed by atoms with van der Waals surface area (Å²) in [6, 6.07) is 0. The second kappa shape index (κ2) is 30.7. The van der Waals surface area contributed by atoms with Crippen LogP contribution in [0.2, 0.25) is 0 Å². The van der Waals surface area contributed by atoms with Gasteiger partial charge in [0.25, 0.3) is 0 Å². The summed E-state index contributed by atoms with van der Waals surface area (Å²) in [7, 11) is 0. The van der Waals surface area contributed by atoms with Gasteiger partial charge in [0.2, 0.25) is 0 Å². The van der Waals surface area contributed by atoms with E-state index in [9.17, 15) is 5.11 Å². The number of fused-ring (bicyclic) bond motifs is 4. The van der Waals surface area contributed by atoms with Crippen molar-refractivity contribution in [1.29, 1.82) is 0 Å². The molecule has 522 valence electrons. The molecule has 1 N–H and O–H groups in total. The fraction of sp³-hybridized carbons (Fsp3) is 1.00. The van der Waals surface area contributed by atoms with Crippen molar-refractivity contribution in [2.24, 2.45) is 141 Å². The minimum atomic E-state index is -0.0645. The first kappa shape index (κ1) is 69.2. The summed E-state index contributed by atoms with van der Waals surface area (Å²) in [5, 5.41) is 9.54. The van der Waals surface area contributed by atoms with Crippen LogP contribution in [0, 0.1) is 141 Å². The van der Waals surface area contributed by atoms with Crippen molar-refractivity contribution < 1.29 is 38.3 Å². The van der Waals surface area contributed by atoms with E-state index in [-0.39, 0.29) is 6.10 Å². The van der Waals surface area contributed by atoms with E-state index in [4.69, 9.17) is 33.2 Å². The van der Waals surface area contributed by atoms with Crippen molar-refractivity contribution in [2.75, 3.05) is 52.9 Å². The van der Waals surface area contributed by atoms with Crippen LogP contribution in [0.4, 0.5) is 0 Å². The minimum absolute atomic E-state index is 0.0645. The molecule has 24 aliphatic carbocycles. The highest BCUT2D eigenvalue weighted by atomic mass is 16.5. The van der Waals surface area contributed by atoms with Gasteiger partial charge in [0.05, 0.1) is 55.4 Å². The normalized spacial score (nSPS) is 49.3. The Hall–Kier alpha value is -0.320. The lowest BCUT2D eigenvalue weighted by molar-refractivity contribution is -0.180. The number of ether oxygens (including phenoxy) is 7. The van der Waals surface area contributed by atoms with Gasteiger partial charge in [0.15, 0.2) is 0 Å². The Morgan fingerprint density at radius 3 is 1.12 bits per heavy atom. The van der Waals surface area contributed by atoms with Crippen LogP contribution in [-0.4, -0.2) is 100 Å². The van der Waals surface area contributed by atoms with Gasteiger partial charge < -0.3 is 38.3 Å². The van der Waals surface area contributed by atoms with Crippen molar-refractivity contribution >= 4 is 0 Å². The van der Waals surface area contributed by atoms with Gasteiger partial charge in [-0.2, -0.15) is 0 Å². The van der Waals surface area contributed by atoms with E-state index in [1.165, 1.54) is 167 Å². The zero-order valence-corrected chi connectivity index (χ0v) is 60.4. The average molecular weight is 1270 g/mol. The highest BCUT2D eigenvalue weighted by molar-refractivity contribution is 5.06. The molecule has 0 aromatic heterocycles. The van der Waals surface area contributed by atoms with Crippen molar-refractivity contribution in [3.63, 3.8) is 0 Å². The van der Waals surface area contributed by atoms with Crippen LogP contribution >= 0.6 is 0 Å². The van der Waals surface area contributed by atoms with Crippen LogP contribution in [0.15, 0.2) is 0 Å². The Morgan fingerprint density at radius 1 is 0.341 bits per heavy atom. The number of hydrogen-bond donors (Lipinski definition) is 1. The monoisotopic (exact) mass is 1270 g/mol. The molecule has 8 heteroatoms. The highest BCUT2D eigenvalue weighted by Crippen LogP contribution is 2.63. The quantitative estimate of drug-likeness (QED) is 0.154. The molecule has 0 amide bonds. The largest absolute Gasteiger partial charge is 0.393 e. The zero-order valence-electron chi connectivity index (χ0n) is 60.4. The third-order valence-corrected chi connectivity index (χ3v) is 29.7. The standard InChI is InChI=1S/C14H24O.3C13H22O.C12H20O.C9H16O2.C9H16O/c1-10(2)15-9-14-6-11-3-12(7-14)5-13(4-11)8-14;1-9(2)14-13-6-10-3-11(7-13)5-12(4-10)8-13;1-2-14-9-13-6-10-3-11(7-13)5-12(4-10)8-13;1-2-14-8-13-11-4-9-3-10(6-11)7-12(13)5-9;1-2-13-12-10-4-8-3-9(6-10)7-11(12)5-8;1-2-11-9-5-6-3-7(9)8(10)4-6;1-2-10-9-6-7-3-4-8(9)5-7/h10-13H,3-9H2,1-2H3;9-12H,3-8H2,1-2H3;10-12H,2-9H2,1H3;9-13H,2-8H2,1H3;8-12H,2-7H2,1H3;6-10H,2-5H2,1H3;7-9H,2-6H2,1H3. The third kappa shape index (κ3) is 16.8. The molecule has 24 rings (SSSR count). The molecule has 24 fully saturated rings. The Morgan fingerprint density at radius 2 is 0.736 bits per heavy atom. The van der Waals surface area contributed by atoms with Crippen molar-refractivity contribution in [2.45, 2.75) is 329 Å². The zero-order chi connectivity index (χ0) is 63.0. The van der Waals surface area contributed by atoms with Gasteiger partial charge in [-0.15, -0.1) is 0 Å². The van der Waals surface area contributed by atoms with E-state index in [0.717, 1.165) is 184 Å². The predicted molar refractivity (Wildman–Crippen MR) is 369 cm³/mol. The van der Waals surface area contributed by atoms with Crippen LogP contribution in [0.5, 0.6) is 0 Å². The number of hydrogen-bond acceptors (Lipinski definition) is 8. The SMILES string of the molecule is CC(C)OC12CC3CC(CC(C3)C1)C2.CC(C)OCC12CC3CC(CC(C3)C1)C2.CCOC1C2CC3CC(C2)CC1C3.CCOC1CC2CC(O)C1C2.CCOC1CC2CCC1C2.CCOCC12CC3CC(CC(C3)C1)C2.CCOCC1C2CC3CC(C2)CC1C3. The summed E-state index contributed by atoms with van der Waals surface area (Å²) in [6.07, 6.45) is 53.6. The molecule has 0 heterocycles. The Bertz CT molecular complexity index is 2050. The number of rotatable bonds is 17. The summed E-state index contributed by atoms with van der Waals surface area (Å²) in [5.41, 5.74) is 1.56. The Labute approximate surface area is 558 Å². The van der Waals surface area contributed by atoms with Crippen molar-refractivity contribution in [3.05, 3.63) is 0 Å². The maximum Gasteiger partial charge on any atom is 0.0694 e. The summed E-state index contributed by atoms with van der Waals surface area (Å²) < 4.78 is 40.7. The molecule has 0 radical (unpaired) electrons. The highest BCUT2D eigenvalue weighted by Gasteiger charge is 2.55. The molecule has 24 bridgehead atoms. The molecule has 0 aliphatic heterocycles. The van der Waals surface area contributed by atoms with E-state index in [0.29, 0.717) is 52.9 Å². The molecule has 24 saturated carbocycles. The first-order valence-electron chi connectivity index (χ1n) is 41.0. The summed E-state index contributed by atoms with van der Waals surface area (Å²) in [6.45, 7) is 26.8. The summed E-state index contributed by atoms with van der Waals surface area (Å²) in [4.78, 5) is 0. The molecule has 8 nitrogen and oxygen atoms in total. The van der Waals surface area contributed by atoms with Gasteiger partial charge in [-0.1, -0.05) is 0 Å². The van der Waals surface area contributed by atoms with Crippen molar-refractivity contribution in [3.8, 4) is 0 Å². The van der Waals surface area contributed by atoms with Crippen LogP contribution < -0.4 is 0 Å². The van der Waals surface area contributed by atoms with Gasteiger partial charge in [-0.3, -0.25) is 0 Å². The number of aliphatic hydroxyl groups excluding tert-OH is 1. The van der Waals surface area contributed by atoms with E-state index in [2.05, 4.69) is 55.4 Å². The molecule has 91 heavy (non-hydrogen) atoms. The molecular weight excluding hydrogens is 1120 g/mol. The maximum atomic E-state index is 9.54. The first-order valence-corrected chi connectivity index (χ1v) is 41.0. The van der Waals surface area contributed by atoms with Gasteiger partial charge in [-0.05, 0) is 422 Å². The predicted octanol–water partition coefficient (Wildman–Crippen LogP) is 19.6. The second-order valence-corrected chi connectivity index (χ2v) is 37.7. The van der Waals surface area contributed by atoms with Gasteiger partial charge in [0, 0.05) is 45.6 Å². The van der Waals surface area contributed by atoms with Gasteiger partial charge in [-0.25, -0.2) is 0 Å². The van der Waals surface area contributed by atoms with Crippen molar-refractivity contribution in [1.82, 2.24) is 0 Å². The maximum absolute atomic E-state index is 9.54. The Kier molecular flexibility index (Phi) is 23.3. The lowest BCUT2D eigenvalue weighted by Crippen LogP contribution is -2.52. The minimum Gasteiger partial charge on any atom is -0.393 e. The fourth-order valence-electron chi connectivity index (χ4n) is 28.4. The molecule has 24 aliphatic rings. The topological polar surface area (TPSA) is 84.8 Å². The average Bonchev–Trinajstić information content (AvgIpc) is 1.63. The van der Waals surface area contributed by atoms with Gasteiger partial charge in [0.1, 0.15) is 0 Å². The molecular formula is C83H142O8. The van der Waals surface area contributed by atoms with Crippen LogP contribution in [0.3, 0.4) is 0 Å². The smallest absolute Gasteiger partial charge is 0.0694 e. The molecule has 0 spiro atoms. The Balaban J connectivity index is 0.0000000975. The van der Waals surface area contributed by atoms with E-state index in [1.54, 1.807) is 51.4 Å². The third-order valence-electron chi connectivity index (χ3n) is 29.7. The second-order valence-electron chi connectivity index (χ2n) is 37.7. The lowest BCUT2D eigenvalue weighted by Gasteiger charge is -2.56. The summed E-state index contributed by atoms with van der Waals surface area (Å²) in [5.74, 6) is 21.9. The van der Waals surface area contributed by atoms with E-state index < -0.39 is 0 Å². The number of aliphatic hydroxyl groups is 1. The van der Waals surface area contributed by atoms with Crippen LogP contribution in [-0.2, 0) is 33.2 Å². The van der Waals surface area contributed by atoms with E-state index in [1.807, 2.05) is 6.92 Å². The molecule has 7 unspecified atom stereocenters.